The largest absolute Gasteiger partial charge is 0.361 e. The van der Waals surface area contributed by atoms with Gasteiger partial charge >= 0.3 is 0 Å². The Hall–Kier alpha value is -2.67. The molecule has 0 saturated heterocycles. The van der Waals surface area contributed by atoms with Crippen LogP contribution in [0.15, 0.2) is 58.2 Å². The van der Waals surface area contributed by atoms with Crippen molar-refractivity contribution in [1.82, 2.24) is 10.1 Å². The van der Waals surface area contributed by atoms with Crippen molar-refractivity contribution in [2.45, 2.75) is 17.7 Å². The third-order valence-electron chi connectivity index (χ3n) is 3.15. The number of hydrogen-bond donors (Lipinski definition) is 1. The molecular formula is C17H14FN3O2S. The summed E-state index contributed by atoms with van der Waals surface area (Å²) >= 11 is 1.40. The van der Waals surface area contributed by atoms with Crippen LogP contribution in [0, 0.1) is 12.7 Å². The standard InChI is InChI=1S/C17H14FN3O2S/c1-11-9-14(21-23-11)10-24-17-15(3-2-8-19-17)16(22)20-13-6-4-12(18)5-7-13/h2-9H,10H2,1H3,(H,20,22). The monoisotopic (exact) mass is 343 g/mol. The average Bonchev–Trinajstić information content (AvgIpc) is 3.01. The zero-order valence-corrected chi connectivity index (χ0v) is 13.6. The first-order valence-corrected chi connectivity index (χ1v) is 8.17. The Kier molecular flexibility index (Phi) is 4.90. The van der Waals surface area contributed by atoms with Crippen LogP contribution in [0.2, 0.25) is 0 Å². The Labute approximate surface area is 142 Å². The number of aryl methyl sites for hydroxylation is 1. The summed E-state index contributed by atoms with van der Waals surface area (Å²) in [6.45, 7) is 1.82. The van der Waals surface area contributed by atoms with Crippen LogP contribution in [-0.4, -0.2) is 16.0 Å². The molecule has 0 aliphatic carbocycles. The van der Waals surface area contributed by atoms with E-state index in [0.717, 1.165) is 11.5 Å². The third-order valence-corrected chi connectivity index (χ3v) is 4.19. The molecule has 2 aromatic heterocycles. The number of carbonyl (C=O) groups is 1. The molecule has 0 aliphatic heterocycles. The normalized spacial score (nSPS) is 10.6. The van der Waals surface area contributed by atoms with E-state index in [0.29, 0.717) is 22.0 Å². The molecule has 1 N–H and O–H groups in total. The molecule has 5 nitrogen and oxygen atoms in total. The number of rotatable bonds is 5. The van der Waals surface area contributed by atoms with Crippen LogP contribution in [0.3, 0.4) is 0 Å². The summed E-state index contributed by atoms with van der Waals surface area (Å²) in [4.78, 5) is 16.7. The molecule has 7 heteroatoms. The van der Waals surface area contributed by atoms with Crippen molar-refractivity contribution in [2.24, 2.45) is 0 Å². The minimum atomic E-state index is -0.353. The molecule has 0 radical (unpaired) electrons. The van der Waals surface area contributed by atoms with Crippen molar-refractivity contribution in [1.29, 1.82) is 0 Å². The van der Waals surface area contributed by atoms with Gasteiger partial charge in [0, 0.05) is 23.7 Å². The fourth-order valence-corrected chi connectivity index (χ4v) is 2.91. The van der Waals surface area contributed by atoms with Gasteiger partial charge in [0.2, 0.25) is 0 Å². The molecule has 3 rings (SSSR count). The predicted molar refractivity (Wildman–Crippen MR) is 89.4 cm³/mol. The molecule has 0 fully saturated rings. The highest BCUT2D eigenvalue weighted by atomic mass is 32.2. The molecule has 0 atom stereocenters. The SMILES string of the molecule is Cc1cc(CSc2ncccc2C(=O)Nc2ccc(F)cc2)no1. The quantitative estimate of drug-likeness (QED) is 0.708. The Bertz CT molecular complexity index is 849. The number of thioether (sulfide) groups is 1. The zero-order valence-electron chi connectivity index (χ0n) is 12.8. The number of amides is 1. The number of carbonyl (C=O) groups excluding carboxylic acids is 1. The number of benzene rings is 1. The van der Waals surface area contributed by atoms with Crippen LogP contribution in [-0.2, 0) is 5.75 Å². The average molecular weight is 343 g/mol. The number of halogens is 1. The van der Waals surface area contributed by atoms with Gasteiger partial charge in [-0.15, -0.1) is 0 Å². The summed E-state index contributed by atoms with van der Waals surface area (Å²) in [5.74, 6) is 0.633. The first-order chi connectivity index (χ1) is 11.6. The minimum absolute atomic E-state index is 0.298. The van der Waals surface area contributed by atoms with E-state index >= 15 is 0 Å². The van der Waals surface area contributed by atoms with Crippen LogP contribution in [0.5, 0.6) is 0 Å². The number of hydrogen-bond acceptors (Lipinski definition) is 5. The highest BCUT2D eigenvalue weighted by Crippen LogP contribution is 2.24. The lowest BCUT2D eigenvalue weighted by Gasteiger charge is -2.08. The van der Waals surface area contributed by atoms with E-state index in [1.54, 1.807) is 18.3 Å². The topological polar surface area (TPSA) is 68.0 Å². The molecule has 0 saturated carbocycles. The Morgan fingerprint density at radius 3 is 2.79 bits per heavy atom. The minimum Gasteiger partial charge on any atom is -0.361 e. The van der Waals surface area contributed by atoms with Gasteiger partial charge in [-0.05, 0) is 43.3 Å². The number of nitrogens with one attached hydrogen (secondary N) is 1. The van der Waals surface area contributed by atoms with E-state index in [-0.39, 0.29) is 11.7 Å². The number of pyridine rings is 1. The van der Waals surface area contributed by atoms with E-state index in [4.69, 9.17) is 4.52 Å². The molecule has 1 amide bonds. The molecule has 1 aromatic carbocycles. The van der Waals surface area contributed by atoms with Gasteiger partial charge in [0.15, 0.2) is 0 Å². The number of aromatic nitrogens is 2. The molecular weight excluding hydrogens is 329 g/mol. The highest BCUT2D eigenvalue weighted by molar-refractivity contribution is 7.98. The molecule has 3 aromatic rings. The summed E-state index contributed by atoms with van der Waals surface area (Å²) in [5.41, 5.74) is 1.76. The van der Waals surface area contributed by atoms with E-state index in [1.165, 1.54) is 36.0 Å². The van der Waals surface area contributed by atoms with Crippen LogP contribution in [0.25, 0.3) is 0 Å². The predicted octanol–water partition coefficient (Wildman–Crippen LogP) is 4.06. The lowest BCUT2D eigenvalue weighted by atomic mass is 10.2. The Balaban J connectivity index is 1.72. The van der Waals surface area contributed by atoms with Gasteiger partial charge in [-0.3, -0.25) is 4.79 Å². The van der Waals surface area contributed by atoms with Crippen molar-refractivity contribution >= 4 is 23.4 Å². The van der Waals surface area contributed by atoms with Crippen molar-refractivity contribution in [3.63, 3.8) is 0 Å². The molecule has 0 spiro atoms. The molecule has 122 valence electrons. The van der Waals surface area contributed by atoms with E-state index in [2.05, 4.69) is 15.5 Å². The van der Waals surface area contributed by atoms with Crippen molar-refractivity contribution in [3.8, 4) is 0 Å². The zero-order chi connectivity index (χ0) is 16.9. The lowest BCUT2D eigenvalue weighted by molar-refractivity contribution is 0.102. The molecule has 0 unspecified atom stereocenters. The van der Waals surface area contributed by atoms with Gasteiger partial charge in [0.05, 0.1) is 11.3 Å². The summed E-state index contributed by atoms with van der Waals surface area (Å²) < 4.78 is 18.0. The molecule has 0 aliphatic rings. The van der Waals surface area contributed by atoms with E-state index in [9.17, 15) is 9.18 Å². The highest BCUT2D eigenvalue weighted by Gasteiger charge is 2.14. The second-order valence-corrected chi connectivity index (χ2v) is 6.00. The fraction of sp³-hybridized carbons (Fsp3) is 0.118. The van der Waals surface area contributed by atoms with Gasteiger partial charge in [0.1, 0.15) is 16.6 Å². The van der Waals surface area contributed by atoms with Crippen molar-refractivity contribution < 1.29 is 13.7 Å². The number of nitrogens with zero attached hydrogens (tertiary/aromatic N) is 2. The summed E-state index contributed by atoms with van der Waals surface area (Å²) in [6.07, 6.45) is 1.63. The smallest absolute Gasteiger partial charge is 0.258 e. The van der Waals surface area contributed by atoms with E-state index < -0.39 is 0 Å². The summed E-state index contributed by atoms with van der Waals surface area (Å²) in [7, 11) is 0. The van der Waals surface area contributed by atoms with Gasteiger partial charge in [-0.2, -0.15) is 0 Å². The van der Waals surface area contributed by atoms with Gasteiger partial charge in [-0.25, -0.2) is 9.37 Å². The summed E-state index contributed by atoms with van der Waals surface area (Å²) in [5, 5.41) is 7.25. The lowest BCUT2D eigenvalue weighted by Crippen LogP contribution is -2.13. The first kappa shape index (κ1) is 16.2. The Morgan fingerprint density at radius 2 is 2.08 bits per heavy atom. The van der Waals surface area contributed by atoms with Crippen LogP contribution in [0.4, 0.5) is 10.1 Å². The molecule has 2 heterocycles. The third kappa shape index (κ3) is 3.99. The summed E-state index contributed by atoms with van der Waals surface area (Å²) in [6, 6.07) is 10.8. The van der Waals surface area contributed by atoms with Gasteiger partial charge in [-0.1, -0.05) is 16.9 Å². The van der Waals surface area contributed by atoms with Gasteiger partial charge in [0.25, 0.3) is 5.91 Å². The maximum Gasteiger partial charge on any atom is 0.258 e. The van der Waals surface area contributed by atoms with Crippen molar-refractivity contribution in [3.05, 3.63) is 71.5 Å². The second-order valence-electron chi connectivity index (χ2n) is 5.03. The van der Waals surface area contributed by atoms with E-state index in [1.807, 2.05) is 13.0 Å². The molecule has 0 bridgehead atoms. The van der Waals surface area contributed by atoms with Crippen LogP contribution >= 0.6 is 11.8 Å². The Morgan fingerprint density at radius 1 is 1.29 bits per heavy atom. The van der Waals surface area contributed by atoms with Gasteiger partial charge < -0.3 is 9.84 Å². The van der Waals surface area contributed by atoms with Crippen LogP contribution in [0.1, 0.15) is 21.8 Å². The fourth-order valence-electron chi connectivity index (χ4n) is 2.04. The second kappa shape index (κ2) is 7.27. The molecule has 24 heavy (non-hydrogen) atoms. The maximum absolute atomic E-state index is 12.9. The number of anilines is 1. The van der Waals surface area contributed by atoms with Crippen LogP contribution < -0.4 is 5.32 Å². The first-order valence-electron chi connectivity index (χ1n) is 7.19. The maximum atomic E-state index is 12.9. The van der Waals surface area contributed by atoms with Crippen molar-refractivity contribution in [2.75, 3.05) is 5.32 Å².